The van der Waals surface area contributed by atoms with Crippen molar-refractivity contribution >= 4 is 118 Å². The Kier molecular flexibility index (Phi) is 20.1. The summed E-state index contributed by atoms with van der Waals surface area (Å²) in [4.78, 5) is 89.3. The highest BCUT2D eigenvalue weighted by Crippen LogP contribution is 2.61. The molecule has 6 aromatic rings. The van der Waals surface area contributed by atoms with Gasteiger partial charge in [-0.05, 0) is 77.0 Å². The van der Waals surface area contributed by atoms with Crippen LogP contribution in [0.5, 0.6) is 5.75 Å². The molecule has 2 aromatic heterocycles. The van der Waals surface area contributed by atoms with Gasteiger partial charge in [0.05, 0.1) is 42.7 Å². The summed E-state index contributed by atoms with van der Waals surface area (Å²) >= 11 is 19.5. The van der Waals surface area contributed by atoms with E-state index in [9.17, 15) is 69.3 Å². The summed E-state index contributed by atoms with van der Waals surface area (Å²) in [6.45, 7) is 1.86. The number of hydrogen-bond acceptors (Lipinski definition) is 16. The number of nitro benzene ring substituents is 4. The van der Waals surface area contributed by atoms with Gasteiger partial charge in [-0.15, -0.1) is 0 Å². The number of nitrogens with one attached hydrogen (secondary N) is 3. The number of halogens is 4. The van der Waals surface area contributed by atoms with Crippen LogP contribution in [0.3, 0.4) is 0 Å². The highest BCUT2D eigenvalue weighted by atomic mass is 36.0. The number of carbonyl (C=O) groups is 2. The van der Waals surface area contributed by atoms with Gasteiger partial charge >= 0.3 is 11.2 Å². The second-order valence-corrected chi connectivity index (χ2v) is 18.6. The summed E-state index contributed by atoms with van der Waals surface area (Å²) in [6.07, 6.45) is -0.384. The van der Waals surface area contributed by atoms with Crippen molar-refractivity contribution in [2.24, 2.45) is 0 Å². The van der Waals surface area contributed by atoms with Crippen LogP contribution in [0, 0.1) is 40.5 Å². The lowest BCUT2D eigenvalue weighted by Gasteiger charge is -2.04. The standard InChI is InChI=1S/C11H12N2O5.C9H5ClN2O3.C9H6N2O4.C6H6N2O2.Cl3OP/c1-2-18-11(15)7-10(14)12-8-3-5-9(6-4-8)13(16)17;10-9-4-8(13)6-3-5(12(14)15)1-2-7(6)11-9;12-8-4-9(13)10-7-2-1-5(11(14)15)3-6(7)8;7-5-1-3-6(4-2-5)8(9)10;1-5(2,3)4/h3-6H,2,7H2,1H3,(H,12,14);1-4H,(H,11,13);1-4H,(H2,10,12,13);1-4H,7H2;. The zero-order valence-corrected chi connectivity index (χ0v) is 35.6. The van der Waals surface area contributed by atoms with Gasteiger partial charge in [0.15, 0.2) is 5.43 Å². The minimum atomic E-state index is -3.22. The fraction of sp³-hybridized carbons (Fsp3) is 0.0857. The summed E-state index contributed by atoms with van der Waals surface area (Å²) in [5.41, 5.74) is 6.03. The molecule has 0 unspecified atom stereocenters. The Labute approximate surface area is 370 Å². The number of nitro groups is 4. The molecule has 0 saturated heterocycles. The number of pyridine rings is 2. The molecule has 23 nitrogen and oxygen atoms in total. The van der Waals surface area contributed by atoms with Crippen LogP contribution in [0.1, 0.15) is 13.3 Å². The molecule has 0 fully saturated rings. The Morgan fingerprint density at radius 3 is 1.60 bits per heavy atom. The number of nitrogens with zero attached hydrogens (tertiary/aromatic N) is 4. The molecule has 0 atom stereocenters. The summed E-state index contributed by atoms with van der Waals surface area (Å²) in [5.74, 6) is -1.41. The maximum Gasteiger partial charge on any atom is 0.339 e. The number of ether oxygens (including phenoxy) is 1. The Hall–Kier alpha value is -7.17. The average molecular weight is 974 g/mol. The van der Waals surface area contributed by atoms with E-state index in [1.54, 1.807) is 6.92 Å². The van der Waals surface area contributed by atoms with E-state index in [1.165, 1.54) is 91.0 Å². The van der Waals surface area contributed by atoms with E-state index >= 15 is 0 Å². The number of H-pyrrole nitrogens is 2. The minimum absolute atomic E-state index is 0.0641. The maximum absolute atomic E-state index is 11.4. The second kappa shape index (κ2) is 24.3. The van der Waals surface area contributed by atoms with Gasteiger partial charge in [-0.3, -0.25) is 64.2 Å². The van der Waals surface area contributed by atoms with E-state index in [1.807, 2.05) is 0 Å². The average Bonchev–Trinajstić information content (AvgIpc) is 3.18. The third-order valence-corrected chi connectivity index (χ3v) is 7.29. The lowest BCUT2D eigenvalue weighted by Crippen LogP contribution is -2.18. The molecule has 0 saturated carbocycles. The summed E-state index contributed by atoms with van der Waals surface area (Å²) in [5, 5.41) is 50.8. The molecule has 0 aliphatic heterocycles. The third kappa shape index (κ3) is 19.0. The number of nitrogen functional groups attached to an aromatic ring is 1. The minimum Gasteiger partial charge on any atom is -0.507 e. The van der Waals surface area contributed by atoms with Crippen molar-refractivity contribution in [3.05, 3.63) is 163 Å². The lowest BCUT2D eigenvalue weighted by molar-refractivity contribution is -0.385. The summed E-state index contributed by atoms with van der Waals surface area (Å²) in [7, 11) is 0. The van der Waals surface area contributed by atoms with Crippen LogP contribution in [-0.4, -0.2) is 53.3 Å². The van der Waals surface area contributed by atoms with Crippen molar-refractivity contribution in [3.8, 4) is 5.75 Å². The number of benzene rings is 4. The number of anilines is 2. The number of hydrogen-bond donors (Lipinski definition) is 5. The molecule has 0 radical (unpaired) electrons. The molecule has 28 heteroatoms. The molecule has 0 aliphatic rings. The number of rotatable bonds is 8. The smallest absolute Gasteiger partial charge is 0.339 e. The predicted molar refractivity (Wildman–Crippen MR) is 235 cm³/mol. The van der Waals surface area contributed by atoms with E-state index in [0.717, 1.165) is 6.07 Å². The van der Waals surface area contributed by atoms with E-state index in [-0.39, 0.29) is 62.9 Å². The van der Waals surface area contributed by atoms with Gasteiger partial charge in [0.1, 0.15) is 17.3 Å². The molecule has 6 rings (SSSR count). The Morgan fingerprint density at radius 2 is 1.14 bits per heavy atom. The van der Waals surface area contributed by atoms with Gasteiger partial charge in [-0.1, -0.05) is 11.6 Å². The third-order valence-electron chi connectivity index (χ3n) is 7.08. The van der Waals surface area contributed by atoms with Crippen LogP contribution < -0.4 is 22.0 Å². The van der Waals surface area contributed by atoms with E-state index < -0.39 is 42.3 Å². The number of fused-ring (bicyclic) bond motifs is 2. The normalized spacial score (nSPS) is 10.1. The number of amides is 1. The first-order valence-corrected chi connectivity index (χ1v) is 21.5. The Bertz CT molecular complexity index is 2790. The zero-order valence-electron chi connectivity index (χ0n) is 31.6. The molecular formula is C35H29Cl4N8O15P. The SMILES string of the molecule is CCOC(=O)CC(=O)Nc1ccc([N+](=O)[O-])cc1.Nc1ccc([N+](=O)[O-])cc1.O=P(Cl)(Cl)Cl.O=c1cc(Cl)[nH]c2ccc([N+](=O)[O-])cc12.O=c1cc(O)c2cc([N+](=O)[O-])ccc2[nH]1. The van der Waals surface area contributed by atoms with Crippen molar-refractivity contribution in [1.29, 1.82) is 0 Å². The molecule has 0 aliphatic carbocycles. The molecule has 332 valence electrons. The summed E-state index contributed by atoms with van der Waals surface area (Å²) in [6, 6.07) is 21.1. The predicted octanol–water partition coefficient (Wildman–Crippen LogP) is 8.71. The van der Waals surface area contributed by atoms with E-state index in [4.69, 9.17) is 17.3 Å². The fourth-order valence-corrected chi connectivity index (χ4v) is 4.67. The van der Waals surface area contributed by atoms with Crippen LogP contribution in [0.25, 0.3) is 21.8 Å². The monoisotopic (exact) mass is 972 g/mol. The highest BCUT2D eigenvalue weighted by molar-refractivity contribution is 8.24. The number of esters is 1. The van der Waals surface area contributed by atoms with Crippen molar-refractivity contribution in [3.63, 3.8) is 0 Å². The first kappa shape index (κ1) is 52.0. The number of nitrogens with two attached hydrogens (primary N) is 1. The lowest BCUT2D eigenvalue weighted by atomic mass is 10.2. The summed E-state index contributed by atoms with van der Waals surface area (Å²) < 4.78 is 14.1. The van der Waals surface area contributed by atoms with Gasteiger partial charge in [0.25, 0.3) is 28.3 Å². The molecule has 0 spiro atoms. The van der Waals surface area contributed by atoms with E-state index in [0.29, 0.717) is 22.4 Å². The number of carbonyl (C=O) groups excluding carboxylic acids is 2. The van der Waals surface area contributed by atoms with Crippen molar-refractivity contribution in [1.82, 2.24) is 9.97 Å². The molecule has 63 heavy (non-hydrogen) atoms. The molecule has 4 aromatic carbocycles. The zero-order chi connectivity index (χ0) is 47.6. The van der Waals surface area contributed by atoms with Crippen LogP contribution in [0.4, 0.5) is 34.1 Å². The van der Waals surface area contributed by atoms with Crippen LogP contribution in [-0.2, 0) is 18.9 Å². The number of aromatic hydroxyl groups is 1. The molecule has 0 bridgehead atoms. The fourth-order valence-electron chi connectivity index (χ4n) is 4.46. The highest BCUT2D eigenvalue weighted by Gasteiger charge is 2.13. The first-order chi connectivity index (χ1) is 29.4. The Balaban J connectivity index is 0.000000283. The largest absolute Gasteiger partial charge is 0.507 e. The molecular weight excluding hydrogens is 945 g/mol. The molecule has 2 heterocycles. The van der Waals surface area contributed by atoms with Gasteiger partial charge in [-0.25, -0.2) is 0 Å². The van der Waals surface area contributed by atoms with Crippen molar-refractivity contribution in [2.75, 3.05) is 17.7 Å². The second-order valence-electron chi connectivity index (χ2n) is 11.6. The topological polar surface area (TPSA) is 357 Å². The van der Waals surface area contributed by atoms with Gasteiger partial charge in [-0.2, -0.15) is 0 Å². The van der Waals surface area contributed by atoms with Gasteiger partial charge in [0.2, 0.25) is 5.91 Å². The van der Waals surface area contributed by atoms with Crippen LogP contribution >= 0.6 is 50.5 Å². The van der Waals surface area contributed by atoms with Gasteiger partial charge in [0, 0.05) is 77.4 Å². The molecule has 6 N–H and O–H groups in total. The van der Waals surface area contributed by atoms with Gasteiger partial charge < -0.3 is 30.9 Å². The quantitative estimate of drug-likeness (QED) is 0.0181. The number of aromatic amines is 2. The van der Waals surface area contributed by atoms with Crippen LogP contribution in [0.2, 0.25) is 5.15 Å². The Morgan fingerprint density at radius 1 is 0.714 bits per heavy atom. The van der Waals surface area contributed by atoms with E-state index in [2.05, 4.69) is 53.7 Å². The molecule has 1 amide bonds. The van der Waals surface area contributed by atoms with Crippen molar-refractivity contribution < 1.29 is 43.7 Å². The number of non-ortho nitro benzene ring substituents is 4. The van der Waals surface area contributed by atoms with Crippen LogP contribution in [0.15, 0.2) is 107 Å². The number of aromatic nitrogens is 2. The first-order valence-electron chi connectivity index (χ1n) is 16.7. The maximum atomic E-state index is 11.4. The van der Waals surface area contributed by atoms with Crippen molar-refractivity contribution in [2.45, 2.75) is 13.3 Å².